The van der Waals surface area contributed by atoms with Crippen LogP contribution in [0.15, 0.2) is 18.2 Å². The number of nitrogens with zero attached hydrogens (tertiary/aromatic N) is 1. The molecule has 0 bridgehead atoms. The van der Waals surface area contributed by atoms with Gasteiger partial charge in [-0.1, -0.05) is 0 Å². The maximum Gasteiger partial charge on any atom is 0.148 e. The lowest BCUT2D eigenvalue weighted by atomic mass is 10.2. The maximum absolute atomic E-state index is 13.6. The Balaban J connectivity index is 2.17. The Hall–Kier alpha value is -1.29. The zero-order chi connectivity index (χ0) is 10.8. The van der Waals surface area contributed by atoms with Crippen molar-refractivity contribution in [3.05, 3.63) is 24.0 Å². The van der Waals surface area contributed by atoms with Crippen LogP contribution in [0.3, 0.4) is 0 Å². The number of halogens is 1. The lowest BCUT2D eigenvalue weighted by molar-refractivity contribution is 0.121. The molecule has 0 aromatic heterocycles. The number of hydrogen-bond acceptors (Lipinski definition) is 3. The van der Waals surface area contributed by atoms with Gasteiger partial charge in [-0.3, -0.25) is 0 Å². The Morgan fingerprint density at radius 3 is 2.93 bits per heavy atom. The highest BCUT2D eigenvalue weighted by Gasteiger charge is 2.23. The smallest absolute Gasteiger partial charge is 0.148 e. The molecule has 4 heteroatoms. The highest BCUT2D eigenvalue weighted by molar-refractivity contribution is 5.55. The van der Waals surface area contributed by atoms with Gasteiger partial charge in [-0.15, -0.1) is 0 Å². The van der Waals surface area contributed by atoms with Gasteiger partial charge in [-0.25, -0.2) is 4.39 Å². The molecule has 0 spiro atoms. The van der Waals surface area contributed by atoms with E-state index in [1.807, 2.05) is 4.90 Å². The largest absolute Gasteiger partial charge is 0.399 e. The maximum atomic E-state index is 13.6. The number of rotatable bonds is 2. The average Bonchev–Trinajstić information content (AvgIpc) is 2.66. The first-order valence-corrected chi connectivity index (χ1v) is 5.03. The number of nitrogen functional groups attached to an aromatic ring is 1. The summed E-state index contributed by atoms with van der Waals surface area (Å²) in [5, 5.41) is 0. The summed E-state index contributed by atoms with van der Waals surface area (Å²) in [4.78, 5) is 1.99. The van der Waals surface area contributed by atoms with Crippen LogP contribution >= 0.6 is 0 Å². The normalized spacial score (nSPS) is 20.9. The van der Waals surface area contributed by atoms with E-state index in [1.165, 1.54) is 6.07 Å². The van der Waals surface area contributed by atoms with Crippen LogP contribution in [0, 0.1) is 5.82 Å². The van der Waals surface area contributed by atoms with E-state index in [9.17, 15) is 4.39 Å². The van der Waals surface area contributed by atoms with E-state index in [4.69, 9.17) is 10.5 Å². The van der Waals surface area contributed by atoms with E-state index in [1.54, 1.807) is 19.2 Å². The quantitative estimate of drug-likeness (QED) is 0.754. The molecule has 0 saturated carbocycles. The lowest BCUT2D eigenvalue weighted by Crippen LogP contribution is -2.23. The number of hydrogen-bond donors (Lipinski definition) is 1. The summed E-state index contributed by atoms with van der Waals surface area (Å²) >= 11 is 0. The molecular formula is C11H15FN2O. The standard InChI is InChI=1S/C11H15FN2O/c1-15-9-4-5-14(7-9)11-3-2-8(13)6-10(11)12/h2-3,6,9H,4-5,7,13H2,1H3/t9-/m0/s1. The summed E-state index contributed by atoms with van der Waals surface area (Å²) in [6, 6.07) is 4.80. The summed E-state index contributed by atoms with van der Waals surface area (Å²) in [6.45, 7) is 1.58. The molecule has 1 atom stereocenters. The molecule has 1 aliphatic heterocycles. The second kappa shape index (κ2) is 4.06. The minimum atomic E-state index is -0.258. The van der Waals surface area contributed by atoms with E-state index < -0.39 is 0 Å². The molecule has 0 unspecified atom stereocenters. The Labute approximate surface area is 88.6 Å². The van der Waals surface area contributed by atoms with Crippen LogP contribution in [0.2, 0.25) is 0 Å². The molecule has 1 heterocycles. The average molecular weight is 210 g/mol. The van der Waals surface area contributed by atoms with Crippen molar-refractivity contribution in [2.24, 2.45) is 0 Å². The molecular weight excluding hydrogens is 195 g/mol. The van der Waals surface area contributed by atoms with E-state index >= 15 is 0 Å². The molecule has 1 aromatic carbocycles. The molecule has 15 heavy (non-hydrogen) atoms. The van der Waals surface area contributed by atoms with Gasteiger partial charge in [0.05, 0.1) is 11.8 Å². The van der Waals surface area contributed by atoms with Crippen LogP contribution in [-0.4, -0.2) is 26.3 Å². The Morgan fingerprint density at radius 1 is 1.53 bits per heavy atom. The highest BCUT2D eigenvalue weighted by Crippen LogP contribution is 2.25. The van der Waals surface area contributed by atoms with Gasteiger partial charge in [0.1, 0.15) is 5.82 Å². The summed E-state index contributed by atoms with van der Waals surface area (Å²) in [6.07, 6.45) is 1.15. The Kier molecular flexibility index (Phi) is 2.77. The van der Waals surface area contributed by atoms with Crippen LogP contribution < -0.4 is 10.6 Å². The van der Waals surface area contributed by atoms with Crippen molar-refractivity contribution >= 4 is 11.4 Å². The van der Waals surface area contributed by atoms with E-state index in [0.29, 0.717) is 11.4 Å². The molecule has 1 saturated heterocycles. The van der Waals surface area contributed by atoms with Crippen LogP contribution in [0.5, 0.6) is 0 Å². The second-order valence-corrected chi connectivity index (χ2v) is 3.80. The monoisotopic (exact) mass is 210 g/mol. The fourth-order valence-electron chi connectivity index (χ4n) is 1.92. The molecule has 82 valence electrons. The number of anilines is 2. The topological polar surface area (TPSA) is 38.5 Å². The van der Waals surface area contributed by atoms with Gasteiger partial charge in [0.25, 0.3) is 0 Å². The van der Waals surface area contributed by atoms with Gasteiger partial charge in [0.2, 0.25) is 0 Å². The molecule has 2 rings (SSSR count). The van der Waals surface area contributed by atoms with Crippen molar-refractivity contribution in [2.75, 3.05) is 30.8 Å². The minimum absolute atomic E-state index is 0.210. The van der Waals surface area contributed by atoms with Crippen molar-refractivity contribution in [1.82, 2.24) is 0 Å². The summed E-state index contributed by atoms with van der Waals surface area (Å²) in [7, 11) is 1.69. The molecule has 1 aliphatic rings. The second-order valence-electron chi connectivity index (χ2n) is 3.80. The van der Waals surface area contributed by atoms with Crippen LogP contribution in [-0.2, 0) is 4.74 Å². The summed E-state index contributed by atoms with van der Waals surface area (Å²) in [5.41, 5.74) is 6.57. The third kappa shape index (κ3) is 2.04. The fourth-order valence-corrected chi connectivity index (χ4v) is 1.92. The van der Waals surface area contributed by atoms with Crippen molar-refractivity contribution < 1.29 is 9.13 Å². The van der Waals surface area contributed by atoms with E-state index in [2.05, 4.69) is 0 Å². The van der Waals surface area contributed by atoms with Crippen LogP contribution in [0.4, 0.5) is 15.8 Å². The molecule has 2 N–H and O–H groups in total. The first-order valence-electron chi connectivity index (χ1n) is 5.03. The van der Waals surface area contributed by atoms with Crippen molar-refractivity contribution in [3.8, 4) is 0 Å². The number of methoxy groups -OCH3 is 1. The Bertz CT molecular complexity index is 356. The molecule has 0 amide bonds. The lowest BCUT2D eigenvalue weighted by Gasteiger charge is -2.19. The first kappa shape index (κ1) is 10.2. The zero-order valence-electron chi connectivity index (χ0n) is 8.74. The predicted octanol–water partition coefficient (Wildman–Crippen LogP) is 1.63. The number of benzene rings is 1. The third-order valence-corrected chi connectivity index (χ3v) is 2.79. The SMILES string of the molecule is CO[C@H]1CCN(c2ccc(N)cc2F)C1. The van der Waals surface area contributed by atoms with Crippen molar-refractivity contribution in [1.29, 1.82) is 0 Å². The fraction of sp³-hybridized carbons (Fsp3) is 0.455. The van der Waals surface area contributed by atoms with E-state index in [0.717, 1.165) is 19.5 Å². The van der Waals surface area contributed by atoms with Gasteiger partial charge >= 0.3 is 0 Å². The minimum Gasteiger partial charge on any atom is -0.399 e. The first-order chi connectivity index (χ1) is 7.20. The highest BCUT2D eigenvalue weighted by atomic mass is 19.1. The zero-order valence-corrected chi connectivity index (χ0v) is 8.74. The van der Waals surface area contributed by atoms with E-state index in [-0.39, 0.29) is 11.9 Å². The molecule has 0 radical (unpaired) electrons. The molecule has 3 nitrogen and oxygen atoms in total. The molecule has 1 aromatic rings. The number of ether oxygens (including phenoxy) is 1. The van der Waals surface area contributed by atoms with Crippen molar-refractivity contribution in [3.63, 3.8) is 0 Å². The number of nitrogens with two attached hydrogens (primary N) is 1. The third-order valence-electron chi connectivity index (χ3n) is 2.79. The summed E-state index contributed by atoms with van der Waals surface area (Å²) < 4.78 is 18.8. The molecule has 0 aliphatic carbocycles. The van der Waals surface area contributed by atoms with Gasteiger partial charge in [-0.05, 0) is 24.6 Å². The van der Waals surface area contributed by atoms with Gasteiger partial charge in [0.15, 0.2) is 0 Å². The van der Waals surface area contributed by atoms with Crippen LogP contribution in [0.1, 0.15) is 6.42 Å². The van der Waals surface area contributed by atoms with Gasteiger partial charge in [0, 0.05) is 25.9 Å². The Morgan fingerprint density at radius 2 is 2.33 bits per heavy atom. The van der Waals surface area contributed by atoms with Crippen LogP contribution in [0.25, 0.3) is 0 Å². The van der Waals surface area contributed by atoms with Crippen molar-refractivity contribution in [2.45, 2.75) is 12.5 Å². The molecule has 1 fully saturated rings. The van der Waals surface area contributed by atoms with Gasteiger partial charge in [-0.2, -0.15) is 0 Å². The summed E-state index contributed by atoms with van der Waals surface area (Å²) in [5.74, 6) is -0.258. The van der Waals surface area contributed by atoms with Gasteiger partial charge < -0.3 is 15.4 Å². The predicted molar refractivity (Wildman–Crippen MR) is 58.4 cm³/mol.